The quantitative estimate of drug-likeness (QED) is 0.762. The number of methoxy groups -OCH3 is 1. The van der Waals surface area contributed by atoms with Gasteiger partial charge in [0.2, 0.25) is 0 Å². The van der Waals surface area contributed by atoms with Gasteiger partial charge in [0.1, 0.15) is 0 Å². The second-order valence-corrected chi connectivity index (χ2v) is 6.49. The first-order valence-corrected chi connectivity index (χ1v) is 8.96. The average molecular weight is 407 g/mol. The molecule has 0 atom stereocenters. The van der Waals surface area contributed by atoms with Crippen LogP contribution in [0.4, 0.5) is 24.5 Å². The zero-order valence-electron chi connectivity index (χ0n) is 15.7. The van der Waals surface area contributed by atoms with Gasteiger partial charge < -0.3 is 20.3 Å². The second kappa shape index (κ2) is 8.52. The molecular formula is C20H20F3N3O3. The third kappa shape index (κ3) is 4.86. The van der Waals surface area contributed by atoms with E-state index >= 15 is 0 Å². The fraction of sp³-hybridized carbons (Fsp3) is 0.300. The molecule has 1 fully saturated rings. The molecule has 1 amide bonds. The molecule has 3 rings (SSSR count). The van der Waals surface area contributed by atoms with Crippen LogP contribution >= 0.6 is 0 Å². The van der Waals surface area contributed by atoms with E-state index in [4.69, 9.17) is 4.74 Å². The number of esters is 1. The van der Waals surface area contributed by atoms with Crippen molar-refractivity contribution in [2.24, 2.45) is 0 Å². The Hall–Kier alpha value is -3.07. The van der Waals surface area contributed by atoms with Gasteiger partial charge in [0, 0.05) is 31.7 Å². The van der Waals surface area contributed by atoms with Crippen LogP contribution in [0, 0.1) is 0 Å². The van der Waals surface area contributed by atoms with Crippen molar-refractivity contribution in [3.05, 3.63) is 59.2 Å². The van der Waals surface area contributed by atoms with Crippen LogP contribution in [0.5, 0.6) is 0 Å². The van der Waals surface area contributed by atoms with Crippen molar-refractivity contribution < 1.29 is 27.5 Å². The Morgan fingerprint density at radius 1 is 1.03 bits per heavy atom. The van der Waals surface area contributed by atoms with Crippen LogP contribution in [-0.4, -0.2) is 45.2 Å². The van der Waals surface area contributed by atoms with Crippen LogP contribution in [0.2, 0.25) is 0 Å². The molecule has 0 spiro atoms. The topological polar surface area (TPSA) is 70.7 Å². The number of anilines is 2. The molecule has 154 valence electrons. The molecule has 1 aliphatic rings. The van der Waals surface area contributed by atoms with E-state index < -0.39 is 23.6 Å². The van der Waals surface area contributed by atoms with Gasteiger partial charge in [0.25, 0.3) is 5.91 Å². The van der Waals surface area contributed by atoms with Crippen molar-refractivity contribution in [3.8, 4) is 0 Å². The van der Waals surface area contributed by atoms with E-state index in [1.54, 1.807) is 12.1 Å². The van der Waals surface area contributed by atoms with Crippen molar-refractivity contribution in [3.63, 3.8) is 0 Å². The lowest BCUT2D eigenvalue weighted by Crippen LogP contribution is -2.43. The molecule has 0 aromatic heterocycles. The summed E-state index contributed by atoms with van der Waals surface area (Å²) in [5.74, 6) is -1.13. The summed E-state index contributed by atoms with van der Waals surface area (Å²) in [4.78, 5) is 26.6. The van der Waals surface area contributed by atoms with E-state index in [1.165, 1.54) is 13.2 Å². The SMILES string of the molecule is COC(=O)c1ccc(N2CCNCC2)c(NC(=O)c2ccc(C(F)(F)F)cc2)c1. The van der Waals surface area contributed by atoms with E-state index in [-0.39, 0.29) is 11.1 Å². The van der Waals surface area contributed by atoms with Crippen molar-refractivity contribution in [1.82, 2.24) is 5.32 Å². The summed E-state index contributed by atoms with van der Waals surface area (Å²) in [5.41, 5.74) is 0.615. The number of rotatable bonds is 4. The fourth-order valence-electron chi connectivity index (χ4n) is 3.07. The Labute approximate surface area is 165 Å². The molecule has 0 saturated carbocycles. The Morgan fingerprint density at radius 3 is 2.24 bits per heavy atom. The van der Waals surface area contributed by atoms with E-state index in [1.807, 2.05) is 0 Å². The normalized spacial score (nSPS) is 14.4. The average Bonchev–Trinajstić information content (AvgIpc) is 2.73. The number of piperazine rings is 1. The van der Waals surface area contributed by atoms with Gasteiger partial charge in [-0.3, -0.25) is 4.79 Å². The minimum Gasteiger partial charge on any atom is -0.465 e. The molecule has 6 nitrogen and oxygen atoms in total. The largest absolute Gasteiger partial charge is 0.465 e. The molecule has 1 aliphatic heterocycles. The van der Waals surface area contributed by atoms with Gasteiger partial charge >= 0.3 is 12.1 Å². The minimum absolute atomic E-state index is 0.0766. The standard InChI is InChI=1S/C20H20F3N3O3/c1-29-19(28)14-4-7-17(26-10-8-24-9-11-26)16(12-14)25-18(27)13-2-5-15(6-3-13)20(21,22)23/h2-7,12,24H,8-11H2,1H3,(H,25,27). The molecule has 2 aromatic rings. The van der Waals surface area contributed by atoms with Gasteiger partial charge in [-0.05, 0) is 42.5 Å². The smallest absolute Gasteiger partial charge is 0.416 e. The number of hydrogen-bond acceptors (Lipinski definition) is 5. The lowest BCUT2D eigenvalue weighted by atomic mass is 10.1. The molecule has 29 heavy (non-hydrogen) atoms. The Kier molecular flexibility index (Phi) is 6.07. The molecule has 9 heteroatoms. The molecule has 1 heterocycles. The van der Waals surface area contributed by atoms with Crippen molar-refractivity contribution >= 4 is 23.3 Å². The number of carbonyl (C=O) groups is 2. The Bertz CT molecular complexity index is 892. The maximum absolute atomic E-state index is 12.7. The first-order chi connectivity index (χ1) is 13.8. The van der Waals surface area contributed by atoms with E-state index in [0.717, 1.165) is 43.0 Å². The molecule has 2 N–H and O–H groups in total. The zero-order valence-corrected chi connectivity index (χ0v) is 15.7. The summed E-state index contributed by atoms with van der Waals surface area (Å²) in [7, 11) is 1.26. The van der Waals surface area contributed by atoms with Crippen molar-refractivity contribution in [2.45, 2.75) is 6.18 Å². The predicted molar refractivity (Wildman–Crippen MR) is 102 cm³/mol. The molecule has 0 aliphatic carbocycles. The Balaban J connectivity index is 1.88. The van der Waals surface area contributed by atoms with E-state index in [0.29, 0.717) is 18.8 Å². The molecule has 0 unspecified atom stereocenters. The summed E-state index contributed by atoms with van der Waals surface area (Å²) < 4.78 is 42.9. The maximum atomic E-state index is 12.7. The summed E-state index contributed by atoms with van der Waals surface area (Å²) in [5, 5.41) is 5.94. The number of alkyl halides is 3. The maximum Gasteiger partial charge on any atom is 0.416 e. The summed E-state index contributed by atoms with van der Waals surface area (Å²) in [6, 6.07) is 8.79. The number of nitrogens with one attached hydrogen (secondary N) is 2. The highest BCUT2D eigenvalue weighted by atomic mass is 19.4. The molecule has 0 radical (unpaired) electrons. The lowest BCUT2D eigenvalue weighted by Gasteiger charge is -2.31. The van der Waals surface area contributed by atoms with Crippen LogP contribution in [-0.2, 0) is 10.9 Å². The predicted octanol–water partition coefficient (Wildman–Crippen LogP) is 3.15. The highest BCUT2D eigenvalue weighted by Crippen LogP contribution is 2.30. The van der Waals surface area contributed by atoms with Gasteiger partial charge in [-0.25, -0.2) is 4.79 Å². The van der Waals surface area contributed by atoms with E-state index in [2.05, 4.69) is 15.5 Å². The summed E-state index contributed by atoms with van der Waals surface area (Å²) >= 11 is 0. The second-order valence-electron chi connectivity index (χ2n) is 6.49. The molecule has 2 aromatic carbocycles. The summed E-state index contributed by atoms with van der Waals surface area (Å²) in [6.45, 7) is 2.96. The van der Waals surface area contributed by atoms with Gasteiger partial charge in [0.15, 0.2) is 0 Å². The first kappa shape index (κ1) is 20.7. The monoisotopic (exact) mass is 407 g/mol. The van der Waals surface area contributed by atoms with Crippen molar-refractivity contribution in [1.29, 1.82) is 0 Å². The number of nitrogens with zero attached hydrogens (tertiary/aromatic N) is 1. The highest BCUT2D eigenvalue weighted by Gasteiger charge is 2.30. The van der Waals surface area contributed by atoms with Crippen LogP contribution in [0.1, 0.15) is 26.3 Å². The molecule has 1 saturated heterocycles. The number of halogens is 3. The third-order valence-corrected chi connectivity index (χ3v) is 4.60. The van der Waals surface area contributed by atoms with Gasteiger partial charge in [0.05, 0.1) is 29.6 Å². The number of benzene rings is 2. The van der Waals surface area contributed by atoms with Gasteiger partial charge in [-0.1, -0.05) is 0 Å². The Morgan fingerprint density at radius 2 is 1.66 bits per heavy atom. The fourth-order valence-corrected chi connectivity index (χ4v) is 3.07. The molecule has 0 bridgehead atoms. The molecular weight excluding hydrogens is 387 g/mol. The first-order valence-electron chi connectivity index (χ1n) is 8.96. The number of hydrogen-bond donors (Lipinski definition) is 2. The zero-order chi connectivity index (χ0) is 21.0. The number of carbonyl (C=O) groups excluding carboxylic acids is 2. The minimum atomic E-state index is -4.47. The highest BCUT2D eigenvalue weighted by molar-refractivity contribution is 6.06. The summed E-state index contributed by atoms with van der Waals surface area (Å²) in [6.07, 6.45) is -4.47. The van der Waals surface area contributed by atoms with Crippen LogP contribution < -0.4 is 15.5 Å². The number of ether oxygens (including phenoxy) is 1. The van der Waals surface area contributed by atoms with E-state index in [9.17, 15) is 22.8 Å². The third-order valence-electron chi connectivity index (χ3n) is 4.60. The van der Waals surface area contributed by atoms with Gasteiger partial charge in [-0.15, -0.1) is 0 Å². The van der Waals surface area contributed by atoms with Crippen LogP contribution in [0.25, 0.3) is 0 Å². The van der Waals surface area contributed by atoms with Gasteiger partial charge in [-0.2, -0.15) is 13.2 Å². The lowest BCUT2D eigenvalue weighted by molar-refractivity contribution is -0.137. The number of amides is 1. The van der Waals surface area contributed by atoms with Crippen molar-refractivity contribution in [2.75, 3.05) is 43.5 Å². The van der Waals surface area contributed by atoms with Crippen LogP contribution in [0.3, 0.4) is 0 Å². The van der Waals surface area contributed by atoms with Crippen LogP contribution in [0.15, 0.2) is 42.5 Å².